The molecular weight excluding hydrogens is 527 g/mol. The van der Waals surface area contributed by atoms with Crippen LogP contribution >= 0.6 is 0 Å². The van der Waals surface area contributed by atoms with Gasteiger partial charge in [0.05, 0.1) is 0 Å². The highest BCUT2D eigenvalue weighted by molar-refractivity contribution is 5.99. The number of halogens is 3. The Kier molecular flexibility index (Phi) is 12.4. The minimum absolute atomic E-state index is 0.168. The number of ether oxygens (including phenoxy) is 1. The fourth-order valence-electron chi connectivity index (χ4n) is 3.54. The number of rotatable bonds is 6. The maximum atomic E-state index is 12.1. The molecule has 3 heterocycles. The highest BCUT2D eigenvalue weighted by Crippen LogP contribution is 2.24. The highest BCUT2D eigenvalue weighted by Gasteiger charge is 2.31. The van der Waals surface area contributed by atoms with Crippen LogP contribution < -0.4 is 20.3 Å². The first-order valence-corrected chi connectivity index (χ1v) is 12.9. The minimum atomic E-state index is -4.78. The fourth-order valence-corrected chi connectivity index (χ4v) is 3.54. The molecule has 1 saturated heterocycles. The molecule has 1 aliphatic heterocycles. The lowest BCUT2D eigenvalue weighted by atomic mass is 10.3. The number of hydrogen-bond donors (Lipinski definition) is 2. The van der Waals surface area contributed by atoms with Crippen LogP contribution in [-0.2, 0) is 6.54 Å². The molecule has 0 aliphatic carbocycles. The van der Waals surface area contributed by atoms with Crippen molar-refractivity contribution in [1.29, 1.82) is 0 Å². The van der Waals surface area contributed by atoms with Crippen LogP contribution in [0.15, 0.2) is 48.8 Å². The number of amides is 2. The van der Waals surface area contributed by atoms with E-state index in [4.69, 9.17) is 0 Å². The summed E-state index contributed by atoms with van der Waals surface area (Å²) in [6.45, 7) is 12.8. The molecule has 0 unspecified atom stereocenters. The number of nitrogens with zero attached hydrogens (tertiary/aromatic N) is 5. The van der Waals surface area contributed by atoms with Crippen LogP contribution in [0.4, 0.5) is 35.3 Å². The number of carbonyl (C=O) groups excluding carboxylic acids is 2. The van der Waals surface area contributed by atoms with E-state index in [1.807, 2.05) is 27.0 Å². The van der Waals surface area contributed by atoms with Crippen molar-refractivity contribution in [2.75, 3.05) is 48.8 Å². The lowest BCUT2D eigenvalue weighted by Gasteiger charge is -2.33. The van der Waals surface area contributed by atoms with Gasteiger partial charge >= 0.3 is 12.4 Å². The number of aromatic nitrogens is 3. The quantitative estimate of drug-likeness (QED) is 0.386. The number of hydrogen-bond acceptors (Lipinski definition) is 7. The number of aldehydes is 1. The second-order valence-corrected chi connectivity index (χ2v) is 8.52. The summed E-state index contributed by atoms with van der Waals surface area (Å²) in [5.74, 6) is 1.06. The topological polar surface area (TPSA) is 105 Å². The average molecular weight is 564 g/mol. The average Bonchev–Trinajstić information content (AvgIpc) is 3.33. The Labute approximate surface area is 232 Å². The fraction of sp³-hybridized carbons (Fsp3) is 0.407. The van der Waals surface area contributed by atoms with Crippen molar-refractivity contribution < 1.29 is 27.5 Å². The molecule has 1 fully saturated rings. The van der Waals surface area contributed by atoms with E-state index in [0.29, 0.717) is 12.8 Å². The summed E-state index contributed by atoms with van der Waals surface area (Å²) in [5.41, 5.74) is 1.48. The molecule has 1 aliphatic rings. The number of carbonyl (C=O) groups is 2. The van der Waals surface area contributed by atoms with E-state index in [-0.39, 0.29) is 17.3 Å². The molecule has 0 radical (unpaired) electrons. The van der Waals surface area contributed by atoms with Crippen LogP contribution in [0.25, 0.3) is 0 Å². The van der Waals surface area contributed by atoms with Gasteiger partial charge in [-0.2, -0.15) is 0 Å². The van der Waals surface area contributed by atoms with Gasteiger partial charge in [0.25, 0.3) is 0 Å². The molecule has 2 aromatic heterocycles. The SMILES string of the molecule is CC.CCn1cc(NC(=O)Nc2ccc(OC(F)(F)F)cc2)nc1C=O.Cc1ccc(N2CCN(C)CC2)nc1. The van der Waals surface area contributed by atoms with Gasteiger partial charge in [-0.25, -0.2) is 14.8 Å². The van der Waals surface area contributed by atoms with Crippen LogP contribution in [-0.4, -0.2) is 71.3 Å². The van der Waals surface area contributed by atoms with Crippen LogP contribution in [0.3, 0.4) is 0 Å². The summed E-state index contributed by atoms with van der Waals surface area (Å²) in [6.07, 6.45) is -0.788. The lowest BCUT2D eigenvalue weighted by molar-refractivity contribution is -0.274. The summed E-state index contributed by atoms with van der Waals surface area (Å²) in [7, 11) is 2.17. The zero-order valence-corrected chi connectivity index (χ0v) is 23.3. The third kappa shape index (κ3) is 10.6. The van der Waals surface area contributed by atoms with Crippen LogP contribution in [0.1, 0.15) is 37.0 Å². The van der Waals surface area contributed by atoms with E-state index < -0.39 is 18.1 Å². The molecule has 2 amide bonds. The standard InChI is InChI=1S/C14H13F3N4O3.C11H17N3.C2H6/c1-2-21-7-11(19-12(21)8-22)20-13(23)18-9-3-5-10(6-4-9)24-14(15,16)17;1-10-3-4-11(12-9-10)14-7-5-13(2)6-8-14;1-2/h3-8H,2H2,1H3,(H2,18,20,23);3-4,9H,5-8H2,1-2H3;1-2H3. The summed E-state index contributed by atoms with van der Waals surface area (Å²) in [6, 6.07) is 8.22. The van der Waals surface area contributed by atoms with Crippen molar-refractivity contribution in [3.05, 3.63) is 60.2 Å². The Bertz CT molecular complexity index is 1190. The van der Waals surface area contributed by atoms with Crippen molar-refractivity contribution in [2.45, 2.75) is 40.6 Å². The molecule has 40 heavy (non-hydrogen) atoms. The van der Waals surface area contributed by atoms with E-state index in [1.165, 1.54) is 23.9 Å². The van der Waals surface area contributed by atoms with E-state index in [1.54, 1.807) is 4.57 Å². The molecular formula is C27H36F3N7O3. The predicted molar refractivity (Wildman–Crippen MR) is 149 cm³/mol. The summed E-state index contributed by atoms with van der Waals surface area (Å²) >= 11 is 0. The number of likely N-dealkylation sites (N-methyl/N-ethyl adjacent to an activating group) is 1. The number of urea groups is 1. The molecule has 218 valence electrons. The van der Waals surface area contributed by atoms with Gasteiger partial charge in [-0.3, -0.25) is 10.1 Å². The van der Waals surface area contributed by atoms with Gasteiger partial charge in [0.1, 0.15) is 11.6 Å². The number of anilines is 3. The van der Waals surface area contributed by atoms with Gasteiger partial charge in [-0.05, 0) is 56.8 Å². The molecule has 0 atom stereocenters. The van der Waals surface area contributed by atoms with E-state index in [9.17, 15) is 22.8 Å². The van der Waals surface area contributed by atoms with Crippen molar-refractivity contribution in [1.82, 2.24) is 19.4 Å². The smallest absolute Gasteiger partial charge is 0.406 e. The normalized spacial score (nSPS) is 13.2. The second kappa shape index (κ2) is 15.5. The van der Waals surface area contributed by atoms with Gasteiger partial charge in [0, 0.05) is 50.8 Å². The number of alkyl halides is 3. The van der Waals surface area contributed by atoms with Gasteiger partial charge < -0.3 is 24.4 Å². The number of aryl methyl sites for hydroxylation is 2. The zero-order chi connectivity index (χ0) is 29.7. The summed E-state index contributed by atoms with van der Waals surface area (Å²) < 4.78 is 41.4. The monoisotopic (exact) mass is 563 g/mol. The maximum Gasteiger partial charge on any atom is 0.573 e. The Hall–Kier alpha value is -4.13. The van der Waals surface area contributed by atoms with E-state index in [0.717, 1.165) is 44.1 Å². The van der Waals surface area contributed by atoms with Crippen molar-refractivity contribution in [3.8, 4) is 5.75 Å². The van der Waals surface area contributed by atoms with Gasteiger partial charge in [0.2, 0.25) is 0 Å². The van der Waals surface area contributed by atoms with Crippen molar-refractivity contribution in [3.63, 3.8) is 0 Å². The van der Waals surface area contributed by atoms with E-state index >= 15 is 0 Å². The Morgan fingerprint density at radius 3 is 2.20 bits per heavy atom. The zero-order valence-electron chi connectivity index (χ0n) is 23.3. The van der Waals surface area contributed by atoms with Crippen LogP contribution in [0.2, 0.25) is 0 Å². The molecule has 0 saturated carbocycles. The molecule has 1 aromatic carbocycles. The predicted octanol–water partition coefficient (Wildman–Crippen LogP) is 5.43. The third-order valence-corrected chi connectivity index (χ3v) is 5.56. The molecule has 2 N–H and O–H groups in total. The Morgan fingerprint density at radius 2 is 1.70 bits per heavy atom. The molecule has 0 bridgehead atoms. The van der Waals surface area contributed by atoms with Gasteiger partial charge in [-0.1, -0.05) is 19.9 Å². The Morgan fingerprint density at radius 1 is 1.05 bits per heavy atom. The molecule has 0 spiro atoms. The molecule has 4 rings (SSSR count). The molecule has 13 heteroatoms. The first-order valence-electron chi connectivity index (χ1n) is 12.9. The first-order chi connectivity index (χ1) is 19.1. The second-order valence-electron chi connectivity index (χ2n) is 8.52. The largest absolute Gasteiger partial charge is 0.573 e. The van der Waals surface area contributed by atoms with E-state index in [2.05, 4.69) is 61.2 Å². The van der Waals surface area contributed by atoms with Crippen molar-refractivity contribution in [2.24, 2.45) is 0 Å². The first kappa shape index (κ1) is 32.1. The number of benzene rings is 1. The molecule has 3 aromatic rings. The maximum absolute atomic E-state index is 12.1. The van der Waals surface area contributed by atoms with Crippen molar-refractivity contribution >= 4 is 29.6 Å². The Balaban J connectivity index is 0.000000296. The number of pyridine rings is 1. The van der Waals surface area contributed by atoms with Gasteiger partial charge in [0.15, 0.2) is 17.9 Å². The number of piperazine rings is 1. The lowest BCUT2D eigenvalue weighted by Crippen LogP contribution is -2.44. The minimum Gasteiger partial charge on any atom is -0.406 e. The highest BCUT2D eigenvalue weighted by atomic mass is 19.4. The summed E-state index contributed by atoms with van der Waals surface area (Å²) in [4.78, 5) is 35.7. The summed E-state index contributed by atoms with van der Waals surface area (Å²) in [5, 5.41) is 4.84. The van der Waals surface area contributed by atoms with Crippen LogP contribution in [0, 0.1) is 6.92 Å². The van der Waals surface area contributed by atoms with Crippen LogP contribution in [0.5, 0.6) is 5.75 Å². The van der Waals surface area contributed by atoms with Gasteiger partial charge in [-0.15, -0.1) is 13.2 Å². The molecule has 10 nitrogen and oxygen atoms in total. The number of nitrogens with one attached hydrogen (secondary N) is 2. The number of imidazole rings is 1. The third-order valence-electron chi connectivity index (χ3n) is 5.56.